The second kappa shape index (κ2) is 8.07. The van der Waals surface area contributed by atoms with Gasteiger partial charge in [-0.25, -0.2) is 15.0 Å². The minimum absolute atomic E-state index is 0.0160. The Morgan fingerprint density at radius 3 is 2.85 bits per heavy atom. The molecule has 1 aliphatic rings. The molecule has 1 aliphatic heterocycles. The summed E-state index contributed by atoms with van der Waals surface area (Å²) in [5.41, 5.74) is 0.815. The number of nitrogens with one attached hydrogen (secondary N) is 2. The normalized spacial score (nSPS) is 17.2. The summed E-state index contributed by atoms with van der Waals surface area (Å²) in [7, 11) is 0. The predicted molar refractivity (Wildman–Crippen MR) is 98.1 cm³/mol. The van der Waals surface area contributed by atoms with E-state index < -0.39 is 0 Å². The van der Waals surface area contributed by atoms with Crippen molar-refractivity contribution >= 4 is 11.9 Å². The van der Waals surface area contributed by atoms with Gasteiger partial charge in [0.1, 0.15) is 5.82 Å². The highest BCUT2D eigenvalue weighted by atomic mass is 16.2. The third kappa shape index (κ3) is 4.25. The van der Waals surface area contributed by atoms with E-state index in [9.17, 15) is 9.59 Å². The third-order valence-corrected chi connectivity index (χ3v) is 4.57. The standard InChI is InChI=1S/C18H24N6O2/c1-3-15-21-12(2)14(17(26)23-15)10-16(25)22-13-6-4-9-24(11-13)18-19-7-5-8-20-18/h5,7-8,13H,3-4,6,9-11H2,1-2H3,(H,22,25)(H,21,23,26)/t13-/m1/s1. The molecule has 0 bridgehead atoms. The Bertz CT molecular complexity index is 820. The number of H-pyrrole nitrogens is 1. The average Bonchev–Trinajstić information content (AvgIpc) is 2.65. The number of piperidine rings is 1. The molecular weight excluding hydrogens is 332 g/mol. The molecule has 0 radical (unpaired) electrons. The van der Waals surface area contributed by atoms with Gasteiger partial charge in [-0.05, 0) is 25.8 Å². The number of anilines is 1. The Balaban J connectivity index is 1.62. The summed E-state index contributed by atoms with van der Waals surface area (Å²) in [6.07, 6.45) is 5.98. The molecule has 2 N–H and O–H groups in total. The molecule has 0 saturated carbocycles. The van der Waals surface area contributed by atoms with Gasteiger partial charge in [-0.1, -0.05) is 6.92 Å². The van der Waals surface area contributed by atoms with Gasteiger partial charge in [0.15, 0.2) is 0 Å². The molecule has 3 heterocycles. The van der Waals surface area contributed by atoms with Crippen molar-refractivity contribution < 1.29 is 4.79 Å². The van der Waals surface area contributed by atoms with Crippen molar-refractivity contribution in [3.05, 3.63) is 45.9 Å². The molecule has 8 nitrogen and oxygen atoms in total. The topological polar surface area (TPSA) is 104 Å². The number of aryl methyl sites for hydroxylation is 2. The zero-order valence-electron chi connectivity index (χ0n) is 15.2. The van der Waals surface area contributed by atoms with Crippen LogP contribution in [0, 0.1) is 6.92 Å². The summed E-state index contributed by atoms with van der Waals surface area (Å²) in [4.78, 5) is 42.3. The van der Waals surface area contributed by atoms with E-state index in [0.717, 1.165) is 19.4 Å². The minimum atomic E-state index is -0.229. The number of carbonyl (C=O) groups excluding carboxylic acids is 1. The van der Waals surface area contributed by atoms with E-state index in [-0.39, 0.29) is 23.9 Å². The van der Waals surface area contributed by atoms with Gasteiger partial charge in [0.25, 0.3) is 5.56 Å². The maximum Gasteiger partial charge on any atom is 0.254 e. The fourth-order valence-electron chi connectivity index (χ4n) is 3.21. The maximum atomic E-state index is 12.4. The van der Waals surface area contributed by atoms with Crippen molar-refractivity contribution in [1.29, 1.82) is 0 Å². The van der Waals surface area contributed by atoms with Crippen molar-refractivity contribution in [2.45, 2.75) is 45.6 Å². The van der Waals surface area contributed by atoms with Crippen LogP contribution in [0.15, 0.2) is 23.3 Å². The third-order valence-electron chi connectivity index (χ3n) is 4.57. The van der Waals surface area contributed by atoms with Crippen LogP contribution in [0.5, 0.6) is 0 Å². The van der Waals surface area contributed by atoms with Crippen LogP contribution < -0.4 is 15.8 Å². The number of rotatable bonds is 5. The molecule has 0 aliphatic carbocycles. The first-order chi connectivity index (χ1) is 12.6. The maximum absolute atomic E-state index is 12.4. The van der Waals surface area contributed by atoms with Gasteiger partial charge < -0.3 is 15.2 Å². The summed E-state index contributed by atoms with van der Waals surface area (Å²) < 4.78 is 0. The van der Waals surface area contributed by atoms with Crippen molar-refractivity contribution in [3.63, 3.8) is 0 Å². The van der Waals surface area contributed by atoms with Crippen LogP contribution in [0.1, 0.15) is 36.8 Å². The summed E-state index contributed by atoms with van der Waals surface area (Å²) in [5, 5.41) is 3.03. The second-order valence-electron chi connectivity index (χ2n) is 6.51. The van der Waals surface area contributed by atoms with Crippen molar-refractivity contribution in [2.24, 2.45) is 0 Å². The number of hydrogen-bond donors (Lipinski definition) is 2. The molecular formula is C18H24N6O2. The first kappa shape index (κ1) is 18.0. The van der Waals surface area contributed by atoms with Gasteiger partial charge in [0.2, 0.25) is 11.9 Å². The summed E-state index contributed by atoms with van der Waals surface area (Å²) in [5.74, 6) is 1.16. The number of carbonyl (C=O) groups is 1. The Morgan fingerprint density at radius 1 is 1.38 bits per heavy atom. The minimum Gasteiger partial charge on any atom is -0.351 e. The highest BCUT2D eigenvalue weighted by Crippen LogP contribution is 2.15. The van der Waals surface area contributed by atoms with Gasteiger partial charge in [-0.2, -0.15) is 0 Å². The number of aromatic amines is 1. The van der Waals surface area contributed by atoms with E-state index in [1.807, 2.05) is 6.92 Å². The molecule has 2 aromatic rings. The molecule has 0 spiro atoms. The monoisotopic (exact) mass is 356 g/mol. The predicted octanol–water partition coefficient (Wildman–Crippen LogP) is 0.758. The molecule has 1 amide bonds. The SMILES string of the molecule is CCc1nc(C)c(CC(=O)N[C@@H]2CCCN(c3ncccn3)C2)c(=O)[nH]1. The lowest BCUT2D eigenvalue weighted by Gasteiger charge is -2.33. The lowest BCUT2D eigenvalue weighted by molar-refractivity contribution is -0.121. The zero-order valence-corrected chi connectivity index (χ0v) is 15.2. The molecule has 2 aromatic heterocycles. The van der Waals surface area contributed by atoms with Gasteiger partial charge >= 0.3 is 0 Å². The first-order valence-corrected chi connectivity index (χ1v) is 8.96. The second-order valence-corrected chi connectivity index (χ2v) is 6.51. The van der Waals surface area contributed by atoms with Crippen LogP contribution in [-0.4, -0.2) is 45.0 Å². The molecule has 1 saturated heterocycles. The van der Waals surface area contributed by atoms with Gasteiger partial charge in [0, 0.05) is 49.2 Å². The molecule has 0 aromatic carbocycles. The van der Waals surface area contributed by atoms with Crippen LogP contribution in [0.25, 0.3) is 0 Å². The number of amides is 1. The molecule has 1 atom stereocenters. The van der Waals surface area contributed by atoms with Gasteiger partial charge in [-0.3, -0.25) is 9.59 Å². The van der Waals surface area contributed by atoms with E-state index in [1.54, 1.807) is 25.4 Å². The van der Waals surface area contributed by atoms with Crippen LogP contribution in [0.2, 0.25) is 0 Å². The fraction of sp³-hybridized carbons (Fsp3) is 0.500. The van der Waals surface area contributed by atoms with E-state index in [2.05, 4.69) is 30.2 Å². The Morgan fingerprint density at radius 2 is 2.15 bits per heavy atom. The Hall–Kier alpha value is -2.77. The van der Waals surface area contributed by atoms with Crippen LogP contribution in [0.4, 0.5) is 5.95 Å². The largest absolute Gasteiger partial charge is 0.351 e. The van der Waals surface area contributed by atoms with Crippen LogP contribution in [-0.2, 0) is 17.6 Å². The molecule has 138 valence electrons. The van der Waals surface area contributed by atoms with E-state index in [1.165, 1.54) is 0 Å². The lowest BCUT2D eigenvalue weighted by Crippen LogP contribution is -2.49. The van der Waals surface area contributed by atoms with Crippen molar-refractivity contribution in [1.82, 2.24) is 25.3 Å². The van der Waals surface area contributed by atoms with Gasteiger partial charge in [-0.15, -0.1) is 0 Å². The highest BCUT2D eigenvalue weighted by molar-refractivity contribution is 5.79. The van der Waals surface area contributed by atoms with Crippen molar-refractivity contribution in [3.8, 4) is 0 Å². The number of nitrogens with zero attached hydrogens (tertiary/aromatic N) is 4. The Labute approximate surface area is 152 Å². The van der Waals surface area contributed by atoms with E-state index in [4.69, 9.17) is 0 Å². The summed E-state index contributed by atoms with van der Waals surface area (Å²) in [6.45, 7) is 5.23. The van der Waals surface area contributed by atoms with Crippen LogP contribution >= 0.6 is 0 Å². The molecule has 0 unspecified atom stereocenters. The van der Waals surface area contributed by atoms with E-state index in [0.29, 0.717) is 36.0 Å². The van der Waals surface area contributed by atoms with E-state index >= 15 is 0 Å². The smallest absolute Gasteiger partial charge is 0.254 e. The fourth-order valence-corrected chi connectivity index (χ4v) is 3.21. The molecule has 8 heteroatoms. The van der Waals surface area contributed by atoms with Crippen molar-refractivity contribution in [2.75, 3.05) is 18.0 Å². The summed E-state index contributed by atoms with van der Waals surface area (Å²) >= 11 is 0. The highest BCUT2D eigenvalue weighted by Gasteiger charge is 2.23. The molecule has 1 fully saturated rings. The molecule has 26 heavy (non-hydrogen) atoms. The number of hydrogen-bond acceptors (Lipinski definition) is 6. The lowest BCUT2D eigenvalue weighted by atomic mass is 10.1. The summed E-state index contributed by atoms with van der Waals surface area (Å²) in [6, 6.07) is 1.80. The van der Waals surface area contributed by atoms with Gasteiger partial charge in [0.05, 0.1) is 6.42 Å². The average molecular weight is 356 g/mol. The number of aromatic nitrogens is 4. The van der Waals surface area contributed by atoms with Crippen LogP contribution in [0.3, 0.4) is 0 Å². The Kier molecular flexibility index (Phi) is 5.60. The quantitative estimate of drug-likeness (QED) is 0.820. The zero-order chi connectivity index (χ0) is 18.5. The first-order valence-electron chi connectivity index (χ1n) is 8.96. The molecule has 3 rings (SSSR count).